The molecular weight excluding hydrogens is 330 g/mol. The van der Waals surface area contributed by atoms with Crippen molar-refractivity contribution < 1.29 is 19.2 Å². The van der Waals surface area contributed by atoms with Gasteiger partial charge in [0.05, 0.1) is 11.5 Å². The van der Waals surface area contributed by atoms with E-state index in [0.717, 1.165) is 6.42 Å². The van der Waals surface area contributed by atoms with Crippen molar-refractivity contribution in [1.82, 2.24) is 8.83 Å². The van der Waals surface area contributed by atoms with Crippen LogP contribution < -0.4 is 0 Å². The van der Waals surface area contributed by atoms with Gasteiger partial charge >= 0.3 is 6.09 Å². The molecule has 0 radical (unpaired) electrons. The first-order valence-corrected chi connectivity index (χ1v) is 7.12. The van der Waals surface area contributed by atoms with Gasteiger partial charge in [0.15, 0.2) is 0 Å². The Kier molecular flexibility index (Phi) is 6.99. The van der Waals surface area contributed by atoms with E-state index in [2.05, 4.69) is 25.6 Å². The van der Waals surface area contributed by atoms with Crippen molar-refractivity contribution in [3.05, 3.63) is 39.9 Å². The van der Waals surface area contributed by atoms with Gasteiger partial charge in [0.25, 0.3) is 11.6 Å². The number of nitro groups is 1. The Morgan fingerprint density at radius 3 is 2.32 bits per heavy atom. The number of unbranched alkanes of at least 4 members (excludes halogenated alkanes) is 1. The zero-order chi connectivity index (χ0) is 16.7. The molecule has 120 valence electrons. The van der Waals surface area contributed by atoms with Crippen LogP contribution in [0.15, 0.2) is 24.3 Å². The fourth-order valence-corrected chi connectivity index (χ4v) is 1.69. The summed E-state index contributed by atoms with van der Waals surface area (Å²) in [6.07, 6.45) is 0.699. The maximum atomic E-state index is 12.1. The van der Waals surface area contributed by atoms with Gasteiger partial charge in [-0.2, -0.15) is 4.41 Å². The Morgan fingerprint density at radius 1 is 1.23 bits per heavy atom. The minimum Gasteiger partial charge on any atom is -0.448 e. The van der Waals surface area contributed by atoms with Crippen LogP contribution in [0.25, 0.3) is 0 Å². The van der Waals surface area contributed by atoms with E-state index in [1.807, 2.05) is 6.92 Å². The van der Waals surface area contributed by atoms with Crippen LogP contribution in [0.2, 0.25) is 0 Å². The molecule has 22 heavy (non-hydrogen) atoms. The number of ether oxygens (including phenoxy) is 1. The van der Waals surface area contributed by atoms with Crippen molar-refractivity contribution >= 4 is 43.3 Å². The number of amides is 2. The summed E-state index contributed by atoms with van der Waals surface area (Å²) < 4.78 is 6.15. The number of non-ortho nitro benzene ring substituents is 1. The molecular formula is C12H15N3O5S2. The van der Waals surface area contributed by atoms with Gasteiger partial charge in [0.2, 0.25) is 0 Å². The average molecular weight is 345 g/mol. The lowest BCUT2D eigenvalue weighted by Crippen LogP contribution is -2.38. The van der Waals surface area contributed by atoms with E-state index in [1.165, 1.54) is 24.3 Å². The molecule has 1 aromatic rings. The third-order valence-corrected chi connectivity index (χ3v) is 3.42. The molecule has 0 saturated carbocycles. The van der Waals surface area contributed by atoms with E-state index >= 15 is 0 Å². The van der Waals surface area contributed by atoms with Gasteiger partial charge in [-0.05, 0) is 44.2 Å². The maximum absolute atomic E-state index is 12.1. The first-order chi connectivity index (χ1) is 10.4. The minimum atomic E-state index is -0.845. The summed E-state index contributed by atoms with van der Waals surface area (Å²) in [4.78, 5) is 33.7. The number of hydrazine groups is 1. The lowest BCUT2D eigenvalue weighted by atomic mass is 10.2. The molecule has 10 heteroatoms. The van der Waals surface area contributed by atoms with Gasteiger partial charge in [-0.25, -0.2) is 4.79 Å². The number of nitro benzene ring substituents is 1. The summed E-state index contributed by atoms with van der Waals surface area (Å²) in [5, 5.41) is 10.6. The smallest absolute Gasteiger partial charge is 0.440 e. The third-order valence-electron chi connectivity index (χ3n) is 2.57. The Morgan fingerprint density at radius 2 is 1.82 bits per heavy atom. The predicted octanol–water partition coefficient (Wildman–Crippen LogP) is 2.88. The molecule has 0 atom stereocenters. The number of hydrogen-bond donors (Lipinski definition) is 2. The molecule has 0 saturated heterocycles. The number of benzene rings is 1. The second-order valence-corrected chi connectivity index (χ2v) is 4.91. The van der Waals surface area contributed by atoms with Crippen molar-refractivity contribution in [3.8, 4) is 0 Å². The second-order valence-electron chi connectivity index (χ2n) is 4.16. The van der Waals surface area contributed by atoms with Crippen molar-refractivity contribution in [2.45, 2.75) is 19.8 Å². The number of rotatable bonds is 5. The lowest BCUT2D eigenvalue weighted by Gasteiger charge is -2.24. The quantitative estimate of drug-likeness (QED) is 0.370. The minimum absolute atomic E-state index is 0.112. The fraction of sp³-hybridized carbons (Fsp3) is 0.333. The largest absolute Gasteiger partial charge is 0.448 e. The number of nitrogens with zero attached hydrogens (tertiary/aromatic N) is 3. The van der Waals surface area contributed by atoms with Crippen LogP contribution in [0.1, 0.15) is 30.1 Å². The van der Waals surface area contributed by atoms with Gasteiger partial charge in [0.1, 0.15) is 0 Å². The molecule has 0 spiro atoms. The van der Waals surface area contributed by atoms with Crippen LogP contribution in [-0.4, -0.2) is 32.4 Å². The van der Waals surface area contributed by atoms with Crippen molar-refractivity contribution in [2.24, 2.45) is 0 Å². The van der Waals surface area contributed by atoms with E-state index in [9.17, 15) is 19.7 Å². The molecule has 1 rings (SSSR count). The van der Waals surface area contributed by atoms with Crippen LogP contribution in [0.5, 0.6) is 0 Å². The van der Waals surface area contributed by atoms with Crippen molar-refractivity contribution in [3.63, 3.8) is 0 Å². The van der Waals surface area contributed by atoms with Gasteiger partial charge in [0, 0.05) is 17.7 Å². The van der Waals surface area contributed by atoms with E-state index in [1.54, 1.807) is 0 Å². The standard InChI is InChI=1S/C12H15N3O5S2/c1-2-3-8-20-12(17)14(22)13(21)11(16)9-4-6-10(7-5-9)15(18)19/h4-7,21-22H,2-3,8H2,1H3. The summed E-state index contributed by atoms with van der Waals surface area (Å²) >= 11 is 7.72. The number of thiol groups is 2. The normalized spacial score (nSPS) is 9.95. The Bertz CT molecular complexity index is 552. The average Bonchev–Trinajstić information content (AvgIpc) is 2.52. The van der Waals surface area contributed by atoms with Crippen LogP contribution in [0.4, 0.5) is 10.5 Å². The summed E-state index contributed by atoms with van der Waals surface area (Å²) in [5.74, 6) is -0.680. The van der Waals surface area contributed by atoms with Crippen LogP contribution in [-0.2, 0) is 4.74 Å². The van der Waals surface area contributed by atoms with Gasteiger partial charge in [-0.3, -0.25) is 14.9 Å². The molecule has 0 aliphatic rings. The molecule has 0 heterocycles. The summed E-state index contributed by atoms with van der Waals surface area (Å²) in [7, 11) is 0. The van der Waals surface area contributed by atoms with E-state index < -0.39 is 16.9 Å². The van der Waals surface area contributed by atoms with Crippen molar-refractivity contribution in [1.29, 1.82) is 0 Å². The Balaban J connectivity index is 2.70. The highest BCUT2D eigenvalue weighted by Gasteiger charge is 2.24. The summed E-state index contributed by atoms with van der Waals surface area (Å²) in [6, 6.07) is 4.87. The molecule has 0 N–H and O–H groups in total. The van der Waals surface area contributed by atoms with Gasteiger partial charge in [-0.15, -0.1) is 4.41 Å². The highest BCUT2D eigenvalue weighted by molar-refractivity contribution is 7.81. The molecule has 1 aromatic carbocycles. The number of hydrogen-bond acceptors (Lipinski definition) is 7. The molecule has 0 fully saturated rings. The SMILES string of the molecule is CCCCOC(=O)N(S)N(S)C(=O)c1ccc([N+](=O)[O-])cc1. The van der Waals surface area contributed by atoms with Crippen LogP contribution in [0.3, 0.4) is 0 Å². The molecule has 8 nitrogen and oxygen atoms in total. The second kappa shape index (κ2) is 8.49. The zero-order valence-electron chi connectivity index (χ0n) is 11.7. The molecule has 0 aliphatic heterocycles. The molecule has 0 aromatic heterocycles. The number of carbonyl (C=O) groups excluding carboxylic acids is 2. The van der Waals surface area contributed by atoms with Crippen molar-refractivity contribution in [2.75, 3.05) is 6.61 Å². The Hall–Kier alpha value is -1.94. The van der Waals surface area contributed by atoms with E-state index in [-0.39, 0.29) is 17.9 Å². The monoisotopic (exact) mass is 345 g/mol. The number of carbonyl (C=O) groups is 2. The lowest BCUT2D eigenvalue weighted by molar-refractivity contribution is -0.384. The third kappa shape index (κ3) is 4.81. The van der Waals surface area contributed by atoms with E-state index in [0.29, 0.717) is 15.2 Å². The first kappa shape index (κ1) is 18.1. The highest BCUT2D eigenvalue weighted by atomic mass is 32.1. The van der Waals surface area contributed by atoms with Gasteiger partial charge in [-0.1, -0.05) is 13.3 Å². The van der Waals surface area contributed by atoms with Crippen LogP contribution in [0, 0.1) is 10.1 Å². The molecule has 0 unspecified atom stereocenters. The highest BCUT2D eigenvalue weighted by Crippen LogP contribution is 2.17. The fourth-order valence-electron chi connectivity index (χ4n) is 1.37. The first-order valence-electron chi connectivity index (χ1n) is 6.32. The topological polar surface area (TPSA) is 93.0 Å². The Labute approximate surface area is 138 Å². The molecule has 0 bridgehead atoms. The molecule has 0 aliphatic carbocycles. The van der Waals surface area contributed by atoms with Gasteiger partial charge < -0.3 is 4.74 Å². The molecule has 2 amide bonds. The summed E-state index contributed by atoms with van der Waals surface area (Å²) in [6.45, 7) is 2.15. The maximum Gasteiger partial charge on any atom is 0.440 e. The summed E-state index contributed by atoms with van der Waals surface area (Å²) in [5.41, 5.74) is -0.0371. The van der Waals surface area contributed by atoms with E-state index in [4.69, 9.17) is 4.74 Å². The van der Waals surface area contributed by atoms with Crippen LogP contribution >= 0.6 is 25.6 Å². The predicted molar refractivity (Wildman–Crippen MR) is 85.3 cm³/mol. The zero-order valence-corrected chi connectivity index (χ0v) is 13.5.